The lowest BCUT2D eigenvalue weighted by Gasteiger charge is -2.18. The fraction of sp³-hybridized carbons (Fsp3) is 0.667. The first kappa shape index (κ1) is 13.3. The molecule has 0 aliphatic heterocycles. The molecule has 1 heterocycles. The Morgan fingerprint density at radius 3 is 2.62 bits per heavy atom. The number of Topliss-reactive ketones (excluding diaryl/α,β-unsaturated/α-hetero) is 1. The molecule has 0 unspecified atom stereocenters. The first-order chi connectivity index (χ1) is 7.29. The van der Waals surface area contributed by atoms with E-state index in [2.05, 4.69) is 4.98 Å². The quantitative estimate of drug-likeness (QED) is 0.759. The van der Waals surface area contributed by atoms with Gasteiger partial charge < -0.3 is 4.74 Å². The van der Waals surface area contributed by atoms with Gasteiger partial charge in [0, 0.05) is 12.1 Å². The first-order valence-corrected chi connectivity index (χ1v) is 6.24. The second kappa shape index (κ2) is 5.06. The summed E-state index contributed by atoms with van der Waals surface area (Å²) in [6.45, 7) is 10.3. The number of rotatable bonds is 4. The van der Waals surface area contributed by atoms with Gasteiger partial charge in [0.1, 0.15) is 5.01 Å². The monoisotopic (exact) mass is 241 g/mol. The molecular weight excluding hydrogens is 222 g/mol. The highest BCUT2D eigenvalue weighted by atomic mass is 32.1. The van der Waals surface area contributed by atoms with Crippen molar-refractivity contribution in [1.82, 2.24) is 4.98 Å². The molecule has 0 atom stereocenters. The van der Waals surface area contributed by atoms with Crippen LogP contribution in [0, 0.1) is 5.92 Å². The van der Waals surface area contributed by atoms with Crippen molar-refractivity contribution in [3.63, 3.8) is 0 Å². The topological polar surface area (TPSA) is 39.2 Å². The molecular formula is C12H19NO2S. The Morgan fingerprint density at radius 1 is 1.50 bits per heavy atom. The summed E-state index contributed by atoms with van der Waals surface area (Å²) in [5.41, 5.74) is -0.173. The molecule has 0 amide bonds. The van der Waals surface area contributed by atoms with Crippen LogP contribution in [0.3, 0.4) is 0 Å². The third-order valence-corrected chi connectivity index (χ3v) is 2.93. The second-order valence-electron chi connectivity index (χ2n) is 5.04. The summed E-state index contributed by atoms with van der Waals surface area (Å²) in [6.07, 6.45) is 1.65. The molecule has 0 bridgehead atoms. The number of ketones is 1. The summed E-state index contributed by atoms with van der Waals surface area (Å²) in [7, 11) is 0. The van der Waals surface area contributed by atoms with E-state index in [1.165, 1.54) is 11.3 Å². The molecule has 1 aromatic heterocycles. The smallest absolute Gasteiger partial charge is 0.176 e. The summed E-state index contributed by atoms with van der Waals surface area (Å²) in [5.74, 6) is 0.177. The number of hydrogen-bond acceptors (Lipinski definition) is 4. The van der Waals surface area contributed by atoms with E-state index in [-0.39, 0.29) is 17.3 Å². The SMILES string of the molecule is CC(C)C(=O)c1cnc(COC(C)(C)C)s1. The van der Waals surface area contributed by atoms with E-state index in [0.29, 0.717) is 6.61 Å². The molecule has 0 spiro atoms. The lowest BCUT2D eigenvalue weighted by molar-refractivity contribution is -0.0150. The molecule has 0 fully saturated rings. The fourth-order valence-corrected chi connectivity index (χ4v) is 1.97. The maximum absolute atomic E-state index is 11.7. The minimum atomic E-state index is -0.173. The van der Waals surface area contributed by atoms with Crippen molar-refractivity contribution >= 4 is 17.1 Å². The summed E-state index contributed by atoms with van der Waals surface area (Å²) < 4.78 is 5.61. The number of nitrogens with zero attached hydrogens (tertiary/aromatic N) is 1. The predicted octanol–water partition coefficient (Wildman–Crippen LogP) is 3.30. The summed E-state index contributed by atoms with van der Waals surface area (Å²) >= 11 is 1.42. The Balaban J connectivity index is 2.62. The molecule has 0 aromatic carbocycles. The molecule has 90 valence electrons. The van der Waals surface area contributed by atoms with Gasteiger partial charge in [-0.2, -0.15) is 0 Å². The van der Waals surface area contributed by atoms with E-state index in [1.54, 1.807) is 6.20 Å². The Morgan fingerprint density at radius 2 is 2.12 bits per heavy atom. The van der Waals surface area contributed by atoms with E-state index in [4.69, 9.17) is 4.74 Å². The van der Waals surface area contributed by atoms with Gasteiger partial charge in [-0.25, -0.2) is 4.98 Å². The minimum Gasteiger partial charge on any atom is -0.369 e. The number of hydrogen-bond donors (Lipinski definition) is 0. The van der Waals surface area contributed by atoms with Crippen molar-refractivity contribution in [1.29, 1.82) is 0 Å². The van der Waals surface area contributed by atoms with Gasteiger partial charge in [0.25, 0.3) is 0 Å². The van der Waals surface area contributed by atoms with Crippen LogP contribution < -0.4 is 0 Å². The molecule has 0 N–H and O–H groups in total. The predicted molar refractivity (Wildman–Crippen MR) is 65.8 cm³/mol. The van der Waals surface area contributed by atoms with Crippen LogP contribution in [0.25, 0.3) is 0 Å². The Labute approximate surface area is 101 Å². The van der Waals surface area contributed by atoms with Gasteiger partial charge in [0.05, 0.1) is 17.1 Å². The normalized spacial score (nSPS) is 12.1. The molecule has 3 nitrogen and oxygen atoms in total. The van der Waals surface area contributed by atoms with Crippen LogP contribution in [0.1, 0.15) is 49.3 Å². The average molecular weight is 241 g/mol. The van der Waals surface area contributed by atoms with Crippen molar-refractivity contribution in [2.45, 2.75) is 46.8 Å². The number of carbonyl (C=O) groups is 1. The van der Waals surface area contributed by atoms with Crippen LogP contribution in [-0.4, -0.2) is 16.4 Å². The third kappa shape index (κ3) is 4.02. The molecule has 1 aromatic rings. The molecule has 0 aliphatic rings. The molecule has 0 aliphatic carbocycles. The van der Waals surface area contributed by atoms with Crippen molar-refractivity contribution in [3.8, 4) is 0 Å². The highest BCUT2D eigenvalue weighted by Crippen LogP contribution is 2.19. The minimum absolute atomic E-state index is 0.0248. The molecule has 1 rings (SSSR count). The maximum atomic E-state index is 11.7. The molecule has 16 heavy (non-hydrogen) atoms. The summed E-state index contributed by atoms with van der Waals surface area (Å²) in [4.78, 5) is 16.6. The van der Waals surface area contributed by atoms with Gasteiger partial charge in [0.15, 0.2) is 5.78 Å². The van der Waals surface area contributed by atoms with Crippen molar-refractivity contribution < 1.29 is 9.53 Å². The number of aromatic nitrogens is 1. The Kier molecular flexibility index (Phi) is 4.21. The van der Waals surface area contributed by atoms with Crippen LogP contribution in [-0.2, 0) is 11.3 Å². The van der Waals surface area contributed by atoms with Crippen molar-refractivity contribution in [2.75, 3.05) is 0 Å². The zero-order valence-electron chi connectivity index (χ0n) is 10.5. The van der Waals surface area contributed by atoms with Gasteiger partial charge in [-0.3, -0.25) is 4.79 Å². The fourth-order valence-electron chi connectivity index (χ4n) is 1.05. The largest absolute Gasteiger partial charge is 0.369 e. The molecule has 0 saturated heterocycles. The first-order valence-electron chi connectivity index (χ1n) is 5.42. The van der Waals surface area contributed by atoms with Gasteiger partial charge >= 0.3 is 0 Å². The van der Waals surface area contributed by atoms with E-state index in [1.807, 2.05) is 34.6 Å². The van der Waals surface area contributed by atoms with E-state index in [0.717, 1.165) is 9.88 Å². The van der Waals surface area contributed by atoms with E-state index < -0.39 is 0 Å². The van der Waals surface area contributed by atoms with Crippen molar-refractivity contribution in [3.05, 3.63) is 16.1 Å². The molecule has 0 radical (unpaired) electrons. The average Bonchev–Trinajstić information content (AvgIpc) is 2.60. The van der Waals surface area contributed by atoms with Crippen LogP contribution in [0.15, 0.2) is 6.20 Å². The summed E-state index contributed by atoms with van der Waals surface area (Å²) in [6, 6.07) is 0. The van der Waals surface area contributed by atoms with Crippen LogP contribution in [0.5, 0.6) is 0 Å². The maximum Gasteiger partial charge on any atom is 0.176 e. The van der Waals surface area contributed by atoms with Gasteiger partial charge in [-0.15, -0.1) is 11.3 Å². The van der Waals surface area contributed by atoms with Gasteiger partial charge in [-0.05, 0) is 20.8 Å². The van der Waals surface area contributed by atoms with E-state index in [9.17, 15) is 4.79 Å². The van der Waals surface area contributed by atoms with E-state index >= 15 is 0 Å². The zero-order valence-corrected chi connectivity index (χ0v) is 11.4. The Bertz CT molecular complexity index is 363. The third-order valence-electron chi connectivity index (χ3n) is 1.95. The highest BCUT2D eigenvalue weighted by molar-refractivity contribution is 7.13. The van der Waals surface area contributed by atoms with Gasteiger partial charge in [-0.1, -0.05) is 13.8 Å². The number of carbonyl (C=O) groups excluding carboxylic acids is 1. The lowest BCUT2D eigenvalue weighted by Crippen LogP contribution is -2.18. The van der Waals surface area contributed by atoms with Crippen LogP contribution >= 0.6 is 11.3 Å². The summed E-state index contributed by atoms with van der Waals surface area (Å²) in [5, 5.41) is 0.860. The molecule has 0 saturated carbocycles. The number of ether oxygens (including phenoxy) is 1. The molecule has 4 heteroatoms. The van der Waals surface area contributed by atoms with Crippen LogP contribution in [0.2, 0.25) is 0 Å². The standard InChI is InChI=1S/C12H19NO2S/c1-8(2)11(14)9-6-13-10(16-9)7-15-12(3,4)5/h6,8H,7H2,1-5H3. The lowest BCUT2D eigenvalue weighted by atomic mass is 10.1. The van der Waals surface area contributed by atoms with Crippen molar-refractivity contribution in [2.24, 2.45) is 5.92 Å². The second-order valence-corrected chi connectivity index (χ2v) is 6.15. The number of thiazole rings is 1. The van der Waals surface area contributed by atoms with Crippen LogP contribution in [0.4, 0.5) is 0 Å². The van der Waals surface area contributed by atoms with Gasteiger partial charge in [0.2, 0.25) is 0 Å². The highest BCUT2D eigenvalue weighted by Gasteiger charge is 2.16. The Hall–Kier alpha value is -0.740. The zero-order chi connectivity index (χ0) is 12.3.